The van der Waals surface area contributed by atoms with Gasteiger partial charge in [0.2, 0.25) is 0 Å². The lowest BCUT2D eigenvalue weighted by Crippen LogP contribution is -2.31. The molecule has 0 aliphatic carbocycles. The van der Waals surface area contributed by atoms with Crippen LogP contribution in [0, 0.1) is 0 Å². The van der Waals surface area contributed by atoms with Gasteiger partial charge in [-0.2, -0.15) is 0 Å². The zero-order chi connectivity index (χ0) is 12.8. The molecule has 17 heavy (non-hydrogen) atoms. The highest BCUT2D eigenvalue weighted by Crippen LogP contribution is 2.02. The summed E-state index contributed by atoms with van der Waals surface area (Å²) in [5, 5.41) is 8.53. The first-order valence-corrected chi connectivity index (χ1v) is 5.54. The van der Waals surface area contributed by atoms with E-state index >= 15 is 0 Å². The third-order valence-electron chi connectivity index (χ3n) is 2.48. The van der Waals surface area contributed by atoms with Gasteiger partial charge in [0.15, 0.2) is 5.82 Å². The van der Waals surface area contributed by atoms with Crippen LogP contribution >= 0.6 is 0 Å². The number of hydrogen-bond donors (Lipinski definition) is 1. The molecular formula is C11H17N3O3. The van der Waals surface area contributed by atoms with Gasteiger partial charge in [-0.3, -0.25) is 9.59 Å². The van der Waals surface area contributed by atoms with Crippen molar-refractivity contribution in [3.05, 3.63) is 22.7 Å². The second-order valence-electron chi connectivity index (χ2n) is 3.76. The first-order valence-electron chi connectivity index (χ1n) is 5.54. The number of carboxylic acid groups (broad SMARTS) is 1. The van der Waals surface area contributed by atoms with Gasteiger partial charge in [-0.15, -0.1) is 0 Å². The Labute approximate surface area is 99.5 Å². The summed E-state index contributed by atoms with van der Waals surface area (Å²) in [6, 6.07) is 0. The average Bonchev–Trinajstić information content (AvgIpc) is 2.28. The number of nitrogens with zero attached hydrogens (tertiary/aromatic N) is 3. The largest absolute Gasteiger partial charge is 0.481 e. The van der Waals surface area contributed by atoms with Crippen LogP contribution in [-0.4, -0.2) is 34.2 Å². The molecule has 0 amide bonds. The summed E-state index contributed by atoms with van der Waals surface area (Å²) in [7, 11) is 1.74. The zero-order valence-corrected chi connectivity index (χ0v) is 10.1. The maximum atomic E-state index is 11.9. The highest BCUT2D eigenvalue weighted by atomic mass is 16.4. The fourth-order valence-corrected chi connectivity index (χ4v) is 1.52. The molecule has 0 unspecified atom stereocenters. The summed E-state index contributed by atoms with van der Waals surface area (Å²) in [4.78, 5) is 28.0. The first-order chi connectivity index (χ1) is 8.06. The van der Waals surface area contributed by atoms with Crippen LogP contribution < -0.4 is 10.5 Å². The van der Waals surface area contributed by atoms with Crippen LogP contribution in [0.3, 0.4) is 0 Å². The molecule has 0 bridgehead atoms. The Morgan fingerprint density at radius 3 is 2.88 bits per heavy atom. The van der Waals surface area contributed by atoms with E-state index in [1.807, 2.05) is 6.92 Å². The van der Waals surface area contributed by atoms with E-state index in [4.69, 9.17) is 5.11 Å². The quantitative estimate of drug-likeness (QED) is 0.785. The Balaban J connectivity index is 2.72. The summed E-state index contributed by atoms with van der Waals surface area (Å²) >= 11 is 0. The van der Waals surface area contributed by atoms with E-state index in [2.05, 4.69) is 4.98 Å². The van der Waals surface area contributed by atoms with Crippen molar-refractivity contribution in [2.75, 3.05) is 18.5 Å². The highest BCUT2D eigenvalue weighted by Gasteiger charge is 2.09. The van der Waals surface area contributed by atoms with Crippen molar-refractivity contribution in [2.45, 2.75) is 26.3 Å². The molecule has 0 saturated heterocycles. The van der Waals surface area contributed by atoms with Gasteiger partial charge in [0, 0.05) is 39.0 Å². The zero-order valence-electron chi connectivity index (χ0n) is 10.1. The standard InChI is InChI=1S/C11H17N3O3/c1-3-14-8-6-12-10(11(14)17)13(2)7-4-5-9(15)16/h6,8H,3-5,7H2,1-2H3,(H,15,16). The van der Waals surface area contributed by atoms with Crippen molar-refractivity contribution in [1.29, 1.82) is 0 Å². The van der Waals surface area contributed by atoms with Gasteiger partial charge >= 0.3 is 5.97 Å². The Hall–Kier alpha value is -1.85. The molecule has 0 aliphatic heterocycles. The molecule has 1 rings (SSSR count). The number of aryl methyl sites for hydroxylation is 1. The number of aliphatic carboxylic acids is 1. The lowest BCUT2D eigenvalue weighted by atomic mass is 10.3. The van der Waals surface area contributed by atoms with Crippen molar-refractivity contribution in [2.24, 2.45) is 0 Å². The fourth-order valence-electron chi connectivity index (χ4n) is 1.52. The van der Waals surface area contributed by atoms with Crippen LogP contribution in [0.2, 0.25) is 0 Å². The van der Waals surface area contributed by atoms with Crippen molar-refractivity contribution < 1.29 is 9.90 Å². The molecule has 0 fully saturated rings. The number of aromatic nitrogens is 2. The maximum absolute atomic E-state index is 11.9. The van der Waals surface area contributed by atoms with Crippen molar-refractivity contribution in [3.8, 4) is 0 Å². The molecule has 0 saturated carbocycles. The van der Waals surface area contributed by atoms with Crippen molar-refractivity contribution in [1.82, 2.24) is 9.55 Å². The smallest absolute Gasteiger partial charge is 0.303 e. The van der Waals surface area contributed by atoms with Crippen LogP contribution in [-0.2, 0) is 11.3 Å². The molecule has 1 N–H and O–H groups in total. The van der Waals surface area contributed by atoms with Crippen LogP contribution in [0.25, 0.3) is 0 Å². The molecule has 1 heterocycles. The van der Waals surface area contributed by atoms with Crippen LogP contribution in [0.5, 0.6) is 0 Å². The second-order valence-corrected chi connectivity index (χ2v) is 3.76. The SMILES string of the molecule is CCn1ccnc(N(C)CCCC(=O)O)c1=O. The van der Waals surface area contributed by atoms with E-state index < -0.39 is 5.97 Å². The van der Waals surface area contributed by atoms with Crippen LogP contribution in [0.1, 0.15) is 19.8 Å². The van der Waals surface area contributed by atoms with Gasteiger partial charge in [-0.1, -0.05) is 0 Å². The van der Waals surface area contributed by atoms with E-state index in [-0.39, 0.29) is 12.0 Å². The molecule has 0 aliphatic rings. The lowest BCUT2D eigenvalue weighted by molar-refractivity contribution is -0.137. The normalized spacial score (nSPS) is 10.2. The van der Waals surface area contributed by atoms with Gasteiger partial charge in [0.05, 0.1) is 0 Å². The maximum Gasteiger partial charge on any atom is 0.303 e. The summed E-state index contributed by atoms with van der Waals surface area (Å²) in [6.45, 7) is 2.98. The summed E-state index contributed by atoms with van der Waals surface area (Å²) in [5.41, 5.74) is -0.146. The highest BCUT2D eigenvalue weighted by molar-refractivity contribution is 5.66. The Morgan fingerprint density at radius 1 is 1.59 bits per heavy atom. The summed E-state index contributed by atoms with van der Waals surface area (Å²) < 4.78 is 1.57. The average molecular weight is 239 g/mol. The predicted octanol–water partition coefficient (Wildman–Crippen LogP) is 0.564. The van der Waals surface area contributed by atoms with Gasteiger partial charge < -0.3 is 14.6 Å². The molecular weight excluding hydrogens is 222 g/mol. The van der Waals surface area contributed by atoms with Gasteiger partial charge in [0.1, 0.15) is 0 Å². The summed E-state index contributed by atoms with van der Waals surface area (Å²) in [6.07, 6.45) is 3.80. The second kappa shape index (κ2) is 6.03. The predicted molar refractivity (Wildman–Crippen MR) is 64.3 cm³/mol. The number of hydrogen-bond acceptors (Lipinski definition) is 4. The molecule has 0 spiro atoms. The third kappa shape index (κ3) is 3.58. The molecule has 6 nitrogen and oxygen atoms in total. The van der Waals surface area contributed by atoms with Gasteiger partial charge in [-0.25, -0.2) is 4.98 Å². The minimum atomic E-state index is -0.828. The van der Waals surface area contributed by atoms with E-state index in [1.165, 1.54) is 0 Å². The minimum Gasteiger partial charge on any atom is -0.481 e. The van der Waals surface area contributed by atoms with E-state index in [9.17, 15) is 9.59 Å². The van der Waals surface area contributed by atoms with Crippen molar-refractivity contribution >= 4 is 11.8 Å². The van der Waals surface area contributed by atoms with Crippen molar-refractivity contribution in [3.63, 3.8) is 0 Å². The Kier molecular flexibility index (Phi) is 4.68. The first kappa shape index (κ1) is 13.2. The molecule has 1 aromatic heterocycles. The summed E-state index contributed by atoms with van der Waals surface area (Å²) in [5.74, 6) is -0.467. The number of rotatable bonds is 6. The number of carboxylic acids is 1. The Morgan fingerprint density at radius 2 is 2.29 bits per heavy atom. The van der Waals surface area contributed by atoms with Gasteiger partial charge in [0.25, 0.3) is 5.56 Å². The van der Waals surface area contributed by atoms with Gasteiger partial charge in [-0.05, 0) is 13.3 Å². The molecule has 0 atom stereocenters. The Bertz CT molecular complexity index is 442. The minimum absolute atomic E-state index is 0.0964. The number of carbonyl (C=O) groups is 1. The van der Waals surface area contributed by atoms with Crippen LogP contribution in [0.15, 0.2) is 17.2 Å². The van der Waals surface area contributed by atoms with E-state index in [0.717, 1.165) is 0 Å². The monoisotopic (exact) mass is 239 g/mol. The lowest BCUT2D eigenvalue weighted by Gasteiger charge is -2.17. The topological polar surface area (TPSA) is 75.4 Å². The fraction of sp³-hybridized carbons (Fsp3) is 0.545. The molecule has 6 heteroatoms. The number of anilines is 1. The van der Waals surface area contributed by atoms with E-state index in [0.29, 0.717) is 25.3 Å². The molecule has 0 aromatic carbocycles. The molecule has 0 radical (unpaired) electrons. The van der Waals surface area contributed by atoms with E-state index in [1.54, 1.807) is 28.9 Å². The third-order valence-corrected chi connectivity index (χ3v) is 2.48. The van der Waals surface area contributed by atoms with Crippen LogP contribution in [0.4, 0.5) is 5.82 Å². The molecule has 1 aromatic rings. The molecule has 94 valence electrons.